The van der Waals surface area contributed by atoms with Crippen molar-refractivity contribution in [3.05, 3.63) is 76.4 Å². The minimum absolute atomic E-state index is 0.00759. The maximum atomic E-state index is 12.6. The topological polar surface area (TPSA) is 121 Å². The lowest BCUT2D eigenvalue weighted by Gasteiger charge is -2.11. The molecule has 7 nitrogen and oxygen atoms in total. The number of pyridine rings is 1. The third kappa shape index (κ3) is 3.66. The number of fused-ring (bicyclic) bond motifs is 1. The molecule has 9 heteroatoms. The number of nitrogens with zero attached hydrogens (tertiary/aromatic N) is 3. The van der Waals surface area contributed by atoms with Gasteiger partial charge in [-0.05, 0) is 42.5 Å². The lowest BCUT2D eigenvalue weighted by molar-refractivity contribution is 0.601. The van der Waals surface area contributed by atoms with E-state index >= 15 is 0 Å². The fraction of sp³-hybridized carbons (Fsp3) is 0.0500. The number of halogens is 1. The molecule has 3 N–H and O–H groups in total. The molecule has 3 aromatic rings. The quantitative estimate of drug-likeness (QED) is 0.666. The number of anilines is 1. The Labute approximate surface area is 172 Å². The average molecular weight is 424 g/mol. The Morgan fingerprint density at radius 3 is 2.72 bits per heavy atom. The Hall–Kier alpha value is -3.41. The first-order chi connectivity index (χ1) is 13.9. The van der Waals surface area contributed by atoms with Crippen LogP contribution >= 0.6 is 11.6 Å². The number of amidine groups is 1. The van der Waals surface area contributed by atoms with Gasteiger partial charge in [0.25, 0.3) is 10.0 Å². The Morgan fingerprint density at radius 2 is 1.97 bits per heavy atom. The number of nitrogens with one attached hydrogen (secondary N) is 1. The predicted octanol–water partition coefficient (Wildman–Crippen LogP) is 3.29. The molecule has 0 fully saturated rings. The monoisotopic (exact) mass is 423 g/mol. The van der Waals surface area contributed by atoms with Crippen LogP contribution in [0.2, 0.25) is 5.02 Å². The molecule has 1 aliphatic heterocycles. The van der Waals surface area contributed by atoms with Gasteiger partial charge in [-0.3, -0.25) is 9.71 Å². The van der Waals surface area contributed by atoms with Gasteiger partial charge in [0.2, 0.25) is 0 Å². The van der Waals surface area contributed by atoms with E-state index in [1.54, 1.807) is 12.1 Å². The molecular formula is C20H14ClN5O2S. The minimum atomic E-state index is -3.86. The highest BCUT2D eigenvalue weighted by Crippen LogP contribution is 2.31. The Balaban J connectivity index is 1.63. The first-order valence-corrected chi connectivity index (χ1v) is 10.4. The van der Waals surface area contributed by atoms with Crippen LogP contribution in [-0.4, -0.2) is 19.2 Å². The molecule has 0 saturated heterocycles. The van der Waals surface area contributed by atoms with Gasteiger partial charge in [-0.2, -0.15) is 5.26 Å². The van der Waals surface area contributed by atoms with E-state index in [0.717, 1.165) is 5.56 Å². The van der Waals surface area contributed by atoms with Gasteiger partial charge in [-0.25, -0.2) is 13.4 Å². The third-order valence-electron chi connectivity index (χ3n) is 4.41. The van der Waals surface area contributed by atoms with Crippen molar-refractivity contribution in [2.24, 2.45) is 10.7 Å². The summed E-state index contributed by atoms with van der Waals surface area (Å²) in [4.78, 5) is 8.68. The van der Waals surface area contributed by atoms with Crippen molar-refractivity contribution in [1.82, 2.24) is 4.98 Å². The normalized spacial score (nSPS) is 12.8. The lowest BCUT2D eigenvalue weighted by atomic mass is 10.1. The van der Waals surface area contributed by atoms with Crippen LogP contribution in [0.15, 0.2) is 64.5 Å². The standard InChI is InChI=1S/C20H14ClN5O2S/c21-17-9-14(26-29(27,28)15-3-1-2-12(8-15)10-22)5-6-16(17)18-7-4-13-11-24-20(23)19(13)25-18/h1-9,26H,11H2,(H2,23,24). The van der Waals surface area contributed by atoms with Crippen LogP contribution in [0.1, 0.15) is 16.8 Å². The average Bonchev–Trinajstić information content (AvgIpc) is 3.08. The Morgan fingerprint density at radius 1 is 1.14 bits per heavy atom. The van der Waals surface area contributed by atoms with E-state index in [-0.39, 0.29) is 10.5 Å². The van der Waals surface area contributed by atoms with Crippen LogP contribution in [0.4, 0.5) is 5.69 Å². The third-order valence-corrected chi connectivity index (χ3v) is 6.10. The molecule has 0 bridgehead atoms. The fourth-order valence-corrected chi connectivity index (χ4v) is 4.34. The molecule has 0 saturated carbocycles. The van der Waals surface area contributed by atoms with Crippen molar-refractivity contribution in [3.63, 3.8) is 0 Å². The number of nitrogens with two attached hydrogens (primary N) is 1. The van der Waals surface area contributed by atoms with Crippen LogP contribution in [0, 0.1) is 11.3 Å². The first-order valence-electron chi connectivity index (χ1n) is 8.50. The van der Waals surface area contributed by atoms with Crippen LogP contribution in [0.3, 0.4) is 0 Å². The Bertz CT molecular complexity index is 1310. The summed E-state index contributed by atoms with van der Waals surface area (Å²) in [5.74, 6) is 0.391. The highest BCUT2D eigenvalue weighted by molar-refractivity contribution is 7.92. The smallest absolute Gasteiger partial charge is 0.261 e. The molecule has 0 radical (unpaired) electrons. The zero-order valence-electron chi connectivity index (χ0n) is 14.9. The second kappa shape index (κ2) is 7.20. The molecule has 0 unspecified atom stereocenters. The molecule has 2 aromatic carbocycles. The van der Waals surface area contributed by atoms with Crippen molar-refractivity contribution in [1.29, 1.82) is 5.26 Å². The van der Waals surface area contributed by atoms with E-state index in [1.165, 1.54) is 30.3 Å². The molecule has 0 amide bonds. The molecule has 1 aliphatic rings. The maximum Gasteiger partial charge on any atom is 0.261 e. The molecular weight excluding hydrogens is 410 g/mol. The molecule has 144 valence electrons. The van der Waals surface area contributed by atoms with Crippen molar-refractivity contribution in [2.75, 3.05) is 4.72 Å². The molecule has 0 atom stereocenters. The van der Waals surface area contributed by atoms with Crippen molar-refractivity contribution in [3.8, 4) is 17.3 Å². The summed E-state index contributed by atoms with van der Waals surface area (Å²) >= 11 is 6.39. The number of nitriles is 1. The van der Waals surface area contributed by atoms with Gasteiger partial charge < -0.3 is 5.73 Å². The van der Waals surface area contributed by atoms with Crippen molar-refractivity contribution < 1.29 is 8.42 Å². The Kier molecular flexibility index (Phi) is 4.70. The molecule has 4 rings (SSSR count). The number of benzene rings is 2. The van der Waals surface area contributed by atoms with E-state index in [2.05, 4.69) is 14.7 Å². The lowest BCUT2D eigenvalue weighted by Crippen LogP contribution is -2.13. The van der Waals surface area contributed by atoms with Crippen molar-refractivity contribution in [2.45, 2.75) is 11.4 Å². The molecule has 0 spiro atoms. The molecule has 1 aromatic heterocycles. The van der Waals surface area contributed by atoms with E-state index in [0.29, 0.717) is 40.0 Å². The van der Waals surface area contributed by atoms with E-state index in [1.807, 2.05) is 18.2 Å². The summed E-state index contributed by atoms with van der Waals surface area (Å²) < 4.78 is 27.7. The minimum Gasteiger partial charge on any atom is -0.382 e. The van der Waals surface area contributed by atoms with E-state index in [4.69, 9.17) is 22.6 Å². The van der Waals surface area contributed by atoms with Crippen LogP contribution < -0.4 is 10.5 Å². The van der Waals surface area contributed by atoms with Gasteiger partial charge in [0.1, 0.15) is 11.5 Å². The van der Waals surface area contributed by atoms with Gasteiger partial charge in [-0.15, -0.1) is 0 Å². The second-order valence-corrected chi connectivity index (χ2v) is 8.44. The summed E-state index contributed by atoms with van der Waals surface area (Å²) in [5, 5.41) is 9.29. The maximum absolute atomic E-state index is 12.6. The summed E-state index contributed by atoms with van der Waals surface area (Å²) in [6.07, 6.45) is 0. The zero-order chi connectivity index (χ0) is 20.6. The molecule has 0 aliphatic carbocycles. The van der Waals surface area contributed by atoms with Gasteiger partial charge in [0.15, 0.2) is 0 Å². The van der Waals surface area contributed by atoms with Crippen LogP contribution in [0.25, 0.3) is 11.3 Å². The summed E-state index contributed by atoms with van der Waals surface area (Å²) in [6.45, 7) is 0.510. The van der Waals surface area contributed by atoms with Crippen LogP contribution in [-0.2, 0) is 16.6 Å². The number of aliphatic imine (C=N–C) groups is 1. The van der Waals surface area contributed by atoms with Gasteiger partial charge in [0.05, 0.1) is 39.5 Å². The largest absolute Gasteiger partial charge is 0.382 e. The van der Waals surface area contributed by atoms with Gasteiger partial charge in [0, 0.05) is 11.1 Å². The van der Waals surface area contributed by atoms with Gasteiger partial charge >= 0.3 is 0 Å². The number of rotatable bonds is 4. The second-order valence-electron chi connectivity index (χ2n) is 6.35. The summed E-state index contributed by atoms with van der Waals surface area (Å²) in [5.41, 5.74) is 9.26. The molecule has 29 heavy (non-hydrogen) atoms. The fourth-order valence-electron chi connectivity index (χ4n) is 2.97. The van der Waals surface area contributed by atoms with Gasteiger partial charge in [-0.1, -0.05) is 23.7 Å². The number of hydrogen-bond donors (Lipinski definition) is 2. The number of aromatic nitrogens is 1. The summed E-state index contributed by atoms with van der Waals surface area (Å²) in [6, 6.07) is 16.2. The SMILES string of the molecule is N#Cc1cccc(S(=O)(=O)Nc2ccc(-c3ccc4c(n3)C(N)=NC4)c(Cl)c2)c1. The zero-order valence-corrected chi connectivity index (χ0v) is 16.5. The first kappa shape index (κ1) is 18.9. The summed E-state index contributed by atoms with van der Waals surface area (Å²) in [7, 11) is -3.86. The highest BCUT2D eigenvalue weighted by atomic mass is 35.5. The van der Waals surface area contributed by atoms with Crippen LogP contribution in [0.5, 0.6) is 0 Å². The van der Waals surface area contributed by atoms with E-state index in [9.17, 15) is 8.42 Å². The van der Waals surface area contributed by atoms with Crippen molar-refractivity contribution >= 4 is 33.1 Å². The number of hydrogen-bond acceptors (Lipinski definition) is 6. The highest BCUT2D eigenvalue weighted by Gasteiger charge is 2.18. The molecule has 2 heterocycles. The predicted molar refractivity (Wildman–Crippen MR) is 111 cm³/mol. The number of sulfonamides is 1. The van der Waals surface area contributed by atoms with E-state index < -0.39 is 10.0 Å².